The van der Waals surface area contributed by atoms with Crippen LogP contribution in [0, 0.1) is 0 Å². The van der Waals surface area contributed by atoms with E-state index < -0.39 is 6.04 Å². The van der Waals surface area contributed by atoms with Gasteiger partial charge in [0.05, 0.1) is 11.7 Å². The average molecular weight is 272 g/mol. The normalized spacial score (nSPS) is 12.1. The fraction of sp³-hybridized carbons (Fsp3) is 0.333. The van der Waals surface area contributed by atoms with Crippen LogP contribution in [0.15, 0.2) is 42.7 Å². The second-order valence-corrected chi connectivity index (χ2v) is 4.74. The van der Waals surface area contributed by atoms with Gasteiger partial charge in [-0.05, 0) is 36.8 Å². The fourth-order valence-electron chi connectivity index (χ4n) is 1.91. The molecule has 5 nitrogen and oxygen atoms in total. The van der Waals surface area contributed by atoms with Gasteiger partial charge in [0.25, 0.3) is 0 Å². The molecular formula is C15H20N4O. The summed E-state index contributed by atoms with van der Waals surface area (Å²) in [5, 5.41) is 6.98. The SMILES string of the molecule is CCCC[C@H](N)C(=O)Nc1ccc(-n2cccn2)cc1. The van der Waals surface area contributed by atoms with Crippen molar-refractivity contribution in [1.29, 1.82) is 0 Å². The molecule has 2 rings (SSSR count). The maximum absolute atomic E-state index is 11.9. The molecule has 0 spiro atoms. The monoisotopic (exact) mass is 272 g/mol. The summed E-state index contributed by atoms with van der Waals surface area (Å²) >= 11 is 0. The largest absolute Gasteiger partial charge is 0.325 e. The lowest BCUT2D eigenvalue weighted by Crippen LogP contribution is -2.35. The lowest BCUT2D eigenvalue weighted by Gasteiger charge is -2.12. The van der Waals surface area contributed by atoms with Crippen LogP contribution in [0.2, 0.25) is 0 Å². The zero-order valence-electron chi connectivity index (χ0n) is 11.6. The number of carbonyl (C=O) groups excluding carboxylic acids is 1. The second kappa shape index (κ2) is 6.86. The summed E-state index contributed by atoms with van der Waals surface area (Å²) in [5.74, 6) is -0.134. The molecular weight excluding hydrogens is 252 g/mol. The zero-order chi connectivity index (χ0) is 14.4. The van der Waals surface area contributed by atoms with Crippen molar-refractivity contribution in [3.8, 4) is 5.69 Å². The van der Waals surface area contributed by atoms with Crippen LogP contribution in [0.1, 0.15) is 26.2 Å². The third-order valence-electron chi connectivity index (χ3n) is 3.11. The minimum Gasteiger partial charge on any atom is -0.325 e. The molecule has 0 bridgehead atoms. The predicted molar refractivity (Wildman–Crippen MR) is 79.7 cm³/mol. The summed E-state index contributed by atoms with van der Waals surface area (Å²) in [6.45, 7) is 2.08. The minimum absolute atomic E-state index is 0.134. The standard InChI is InChI=1S/C15H20N4O/c1-2-3-5-14(16)15(20)18-12-6-8-13(9-7-12)19-11-4-10-17-19/h4,6-11,14H,2-3,5,16H2,1H3,(H,18,20)/t14-/m0/s1. The van der Waals surface area contributed by atoms with E-state index in [0.717, 1.165) is 24.2 Å². The molecule has 0 aliphatic rings. The van der Waals surface area contributed by atoms with E-state index in [4.69, 9.17) is 5.73 Å². The number of anilines is 1. The van der Waals surface area contributed by atoms with Crippen molar-refractivity contribution >= 4 is 11.6 Å². The summed E-state index contributed by atoms with van der Waals surface area (Å²) < 4.78 is 1.76. The number of nitrogens with zero attached hydrogens (tertiary/aromatic N) is 2. The smallest absolute Gasteiger partial charge is 0.241 e. The maximum Gasteiger partial charge on any atom is 0.241 e. The molecule has 3 N–H and O–H groups in total. The predicted octanol–water partition coefficient (Wildman–Crippen LogP) is 2.33. The Morgan fingerprint density at radius 1 is 1.40 bits per heavy atom. The van der Waals surface area contributed by atoms with Crippen molar-refractivity contribution in [3.05, 3.63) is 42.7 Å². The highest BCUT2D eigenvalue weighted by molar-refractivity contribution is 5.94. The van der Waals surface area contributed by atoms with Gasteiger partial charge in [0, 0.05) is 18.1 Å². The molecule has 0 unspecified atom stereocenters. The third kappa shape index (κ3) is 3.68. The lowest BCUT2D eigenvalue weighted by atomic mass is 10.1. The Morgan fingerprint density at radius 3 is 2.75 bits per heavy atom. The molecule has 1 amide bonds. The second-order valence-electron chi connectivity index (χ2n) is 4.74. The molecule has 0 saturated carbocycles. The van der Waals surface area contributed by atoms with Crippen LogP contribution in [0.3, 0.4) is 0 Å². The number of rotatable bonds is 6. The van der Waals surface area contributed by atoms with E-state index in [0.29, 0.717) is 6.42 Å². The molecule has 0 fully saturated rings. The maximum atomic E-state index is 11.9. The van der Waals surface area contributed by atoms with Crippen LogP contribution < -0.4 is 11.1 Å². The lowest BCUT2D eigenvalue weighted by molar-refractivity contribution is -0.117. The molecule has 1 atom stereocenters. The Kier molecular flexibility index (Phi) is 4.90. The van der Waals surface area contributed by atoms with Gasteiger partial charge >= 0.3 is 0 Å². The Bertz CT molecular complexity index is 534. The van der Waals surface area contributed by atoms with Crippen LogP contribution in [0.25, 0.3) is 5.69 Å². The number of nitrogens with one attached hydrogen (secondary N) is 1. The first-order valence-corrected chi connectivity index (χ1v) is 6.87. The van der Waals surface area contributed by atoms with E-state index in [1.165, 1.54) is 0 Å². The molecule has 1 heterocycles. The van der Waals surface area contributed by atoms with Gasteiger partial charge in [-0.3, -0.25) is 4.79 Å². The average Bonchev–Trinajstić information content (AvgIpc) is 2.99. The van der Waals surface area contributed by atoms with Crippen LogP contribution in [-0.4, -0.2) is 21.7 Å². The van der Waals surface area contributed by atoms with Gasteiger partial charge in [0.15, 0.2) is 0 Å². The summed E-state index contributed by atoms with van der Waals surface area (Å²) in [6, 6.07) is 8.92. The van der Waals surface area contributed by atoms with E-state index in [-0.39, 0.29) is 5.91 Å². The first-order chi connectivity index (χ1) is 9.70. The number of nitrogens with two attached hydrogens (primary N) is 1. The topological polar surface area (TPSA) is 72.9 Å². The van der Waals surface area contributed by atoms with Crippen molar-refractivity contribution in [2.24, 2.45) is 5.73 Å². The van der Waals surface area contributed by atoms with E-state index in [1.54, 1.807) is 10.9 Å². The number of carbonyl (C=O) groups is 1. The number of unbranched alkanes of at least 4 members (excludes halogenated alkanes) is 1. The fourth-order valence-corrected chi connectivity index (χ4v) is 1.91. The van der Waals surface area contributed by atoms with Crippen LogP contribution in [0.4, 0.5) is 5.69 Å². The highest BCUT2D eigenvalue weighted by atomic mass is 16.2. The Labute approximate surface area is 118 Å². The van der Waals surface area contributed by atoms with E-state index in [2.05, 4.69) is 17.3 Å². The molecule has 0 aliphatic carbocycles. The van der Waals surface area contributed by atoms with Crippen molar-refractivity contribution in [2.45, 2.75) is 32.2 Å². The number of aromatic nitrogens is 2. The number of hydrogen-bond acceptors (Lipinski definition) is 3. The van der Waals surface area contributed by atoms with Crippen LogP contribution in [0.5, 0.6) is 0 Å². The number of benzene rings is 1. The van der Waals surface area contributed by atoms with Crippen LogP contribution >= 0.6 is 0 Å². The van der Waals surface area contributed by atoms with E-state index in [9.17, 15) is 4.79 Å². The Balaban J connectivity index is 1.95. The number of hydrogen-bond donors (Lipinski definition) is 2. The Hall–Kier alpha value is -2.14. The molecule has 0 radical (unpaired) electrons. The summed E-state index contributed by atoms with van der Waals surface area (Å²) in [5.41, 5.74) is 7.53. The molecule has 2 aromatic rings. The zero-order valence-corrected chi connectivity index (χ0v) is 11.6. The van der Waals surface area contributed by atoms with Crippen molar-refractivity contribution in [3.63, 3.8) is 0 Å². The van der Waals surface area contributed by atoms with Crippen molar-refractivity contribution < 1.29 is 4.79 Å². The van der Waals surface area contributed by atoms with E-state index in [1.807, 2.05) is 36.5 Å². The molecule has 0 aliphatic heterocycles. The quantitative estimate of drug-likeness (QED) is 0.847. The molecule has 1 aromatic carbocycles. The molecule has 5 heteroatoms. The summed E-state index contributed by atoms with van der Waals surface area (Å²) in [6.07, 6.45) is 6.32. The van der Waals surface area contributed by atoms with Gasteiger partial charge in [-0.15, -0.1) is 0 Å². The summed E-state index contributed by atoms with van der Waals surface area (Å²) in [4.78, 5) is 11.9. The Morgan fingerprint density at radius 2 is 2.15 bits per heavy atom. The van der Waals surface area contributed by atoms with Gasteiger partial charge in [0.2, 0.25) is 5.91 Å². The summed E-state index contributed by atoms with van der Waals surface area (Å²) in [7, 11) is 0. The number of amides is 1. The highest BCUT2D eigenvalue weighted by Crippen LogP contribution is 2.13. The van der Waals surface area contributed by atoms with Gasteiger partial charge in [-0.25, -0.2) is 4.68 Å². The van der Waals surface area contributed by atoms with Crippen molar-refractivity contribution in [2.75, 3.05) is 5.32 Å². The first kappa shape index (κ1) is 14.3. The van der Waals surface area contributed by atoms with Gasteiger partial charge in [0.1, 0.15) is 0 Å². The van der Waals surface area contributed by atoms with Crippen LogP contribution in [-0.2, 0) is 4.79 Å². The third-order valence-corrected chi connectivity index (χ3v) is 3.11. The molecule has 20 heavy (non-hydrogen) atoms. The van der Waals surface area contributed by atoms with Gasteiger partial charge in [-0.1, -0.05) is 19.8 Å². The first-order valence-electron chi connectivity index (χ1n) is 6.87. The highest BCUT2D eigenvalue weighted by Gasteiger charge is 2.12. The van der Waals surface area contributed by atoms with E-state index >= 15 is 0 Å². The molecule has 0 saturated heterocycles. The van der Waals surface area contributed by atoms with Crippen molar-refractivity contribution in [1.82, 2.24) is 9.78 Å². The van der Waals surface area contributed by atoms with Gasteiger partial charge < -0.3 is 11.1 Å². The minimum atomic E-state index is -0.444. The molecule has 1 aromatic heterocycles. The molecule has 106 valence electrons. The van der Waals surface area contributed by atoms with Gasteiger partial charge in [-0.2, -0.15) is 5.10 Å².